The van der Waals surface area contributed by atoms with Crippen LogP contribution in [0.1, 0.15) is 23.6 Å². The maximum absolute atomic E-state index is 13.0. The van der Waals surface area contributed by atoms with E-state index in [2.05, 4.69) is 15.2 Å². The molecule has 0 radical (unpaired) electrons. The minimum atomic E-state index is -0.745. The van der Waals surface area contributed by atoms with E-state index in [4.69, 9.17) is 4.74 Å². The Balaban J connectivity index is 1.62. The lowest BCUT2D eigenvalue weighted by Crippen LogP contribution is -2.63. The fraction of sp³-hybridized carbons (Fsp3) is 0.292. The van der Waals surface area contributed by atoms with Gasteiger partial charge >= 0.3 is 17.8 Å². The number of phenolic OH excluding ortho intramolecular Hbond substituents is 1. The molecule has 2 heterocycles. The number of likely N-dealkylation sites (N-methyl/N-ethyl adjacent to an activating group) is 2. The Morgan fingerprint density at radius 3 is 2.59 bits per heavy atom. The second kappa shape index (κ2) is 9.29. The van der Waals surface area contributed by atoms with E-state index in [0.29, 0.717) is 36.3 Å². The van der Waals surface area contributed by atoms with Gasteiger partial charge < -0.3 is 9.84 Å². The second-order valence-electron chi connectivity index (χ2n) is 8.08. The number of hydrogen-bond acceptors (Lipinski definition) is 7. The highest BCUT2D eigenvalue weighted by atomic mass is 16.5. The Kier molecular flexibility index (Phi) is 6.25. The number of hydrogen-bond donors (Lipinski definition) is 2. The zero-order chi connectivity index (χ0) is 24.4. The van der Waals surface area contributed by atoms with Gasteiger partial charge in [0.25, 0.3) is 5.91 Å². The molecule has 0 spiro atoms. The van der Waals surface area contributed by atoms with Crippen LogP contribution in [0.25, 0.3) is 0 Å². The lowest BCUT2D eigenvalue weighted by atomic mass is 10.1. The summed E-state index contributed by atoms with van der Waals surface area (Å²) in [6, 6.07) is 11.7. The maximum atomic E-state index is 13.0. The number of rotatable bonds is 6. The number of nitrogens with zero attached hydrogens (tertiary/aromatic N) is 5. The first-order valence-electron chi connectivity index (χ1n) is 10.9. The molecule has 1 saturated heterocycles. The van der Waals surface area contributed by atoms with Crippen molar-refractivity contribution in [3.63, 3.8) is 0 Å². The van der Waals surface area contributed by atoms with Gasteiger partial charge in [0.05, 0.1) is 26.4 Å². The predicted octanol–water partition coefficient (Wildman–Crippen LogP) is 1.25. The molecule has 10 heteroatoms. The summed E-state index contributed by atoms with van der Waals surface area (Å²) in [6.45, 7) is 4.66. The van der Waals surface area contributed by atoms with Crippen molar-refractivity contribution in [3.8, 4) is 11.5 Å². The van der Waals surface area contributed by atoms with Gasteiger partial charge in [0.2, 0.25) is 6.04 Å². The SMILES string of the molecule is CCOc1cc(/C=N/NC2=[N+]=C3C(C(=O)N(C)C(=O)N3C)N2Cc2ccc(C)cc2)ccc1O. The number of carbonyl (C=O) groups excluding carboxylic acids is 2. The molecule has 0 aliphatic carbocycles. The number of nitrogens with one attached hydrogen (secondary N) is 1. The number of guanidine groups is 1. The molecule has 0 bridgehead atoms. The van der Waals surface area contributed by atoms with Crippen molar-refractivity contribution in [1.82, 2.24) is 24.8 Å². The number of urea groups is 1. The third kappa shape index (κ3) is 4.31. The molecule has 4 rings (SSSR count). The van der Waals surface area contributed by atoms with Gasteiger partial charge in [-0.25, -0.2) is 19.3 Å². The standard InChI is InChI=1S/C24H26N6O4/c1-5-34-19-12-17(10-11-18(19)31)13-25-27-23-26-21-20(22(32)29(4)24(33)28(21)3)30(23)14-16-8-6-15(2)7-9-16/h6-13,20H,5,14H2,1-4H3,(H,25,31)/p+1. The van der Waals surface area contributed by atoms with E-state index in [1.807, 2.05) is 38.1 Å². The van der Waals surface area contributed by atoms with Crippen LogP contribution < -0.4 is 14.8 Å². The third-order valence-corrected chi connectivity index (χ3v) is 5.67. The Morgan fingerprint density at radius 2 is 1.88 bits per heavy atom. The number of imide groups is 1. The summed E-state index contributed by atoms with van der Waals surface area (Å²) in [5.41, 5.74) is 5.74. The number of aromatic hydroxyl groups is 1. The van der Waals surface area contributed by atoms with Crippen molar-refractivity contribution < 1.29 is 19.4 Å². The molecule has 34 heavy (non-hydrogen) atoms. The fourth-order valence-electron chi connectivity index (χ4n) is 3.79. The van der Waals surface area contributed by atoms with Gasteiger partial charge in [-0.1, -0.05) is 29.8 Å². The van der Waals surface area contributed by atoms with E-state index in [9.17, 15) is 14.7 Å². The van der Waals surface area contributed by atoms with Gasteiger partial charge in [0.1, 0.15) is 0 Å². The average molecular weight is 464 g/mol. The number of aryl methyl sites for hydroxylation is 1. The molecule has 3 amide bonds. The molecule has 2 aromatic carbocycles. The van der Waals surface area contributed by atoms with Gasteiger partial charge in [-0.2, -0.15) is 5.43 Å². The van der Waals surface area contributed by atoms with Crippen molar-refractivity contribution in [2.24, 2.45) is 5.10 Å². The largest absolute Gasteiger partial charge is 0.504 e. The first-order valence-corrected chi connectivity index (χ1v) is 10.9. The van der Waals surface area contributed by atoms with Crippen LogP contribution in [0.15, 0.2) is 47.6 Å². The number of amides is 3. The average Bonchev–Trinajstić information content (AvgIpc) is 3.18. The van der Waals surface area contributed by atoms with E-state index < -0.39 is 12.1 Å². The molecule has 2 aromatic rings. The third-order valence-electron chi connectivity index (χ3n) is 5.67. The summed E-state index contributed by atoms with van der Waals surface area (Å²) in [7, 11) is 3.06. The second-order valence-corrected chi connectivity index (χ2v) is 8.08. The van der Waals surface area contributed by atoms with Crippen LogP contribution in [0.4, 0.5) is 4.79 Å². The van der Waals surface area contributed by atoms with Crippen LogP contribution in [-0.4, -0.2) is 76.5 Å². The fourth-order valence-corrected chi connectivity index (χ4v) is 3.79. The normalized spacial score (nSPS) is 17.8. The van der Waals surface area contributed by atoms with E-state index in [-0.39, 0.29) is 11.7 Å². The number of ether oxygens (including phenoxy) is 1. The number of benzene rings is 2. The minimum Gasteiger partial charge on any atom is -0.504 e. The van der Waals surface area contributed by atoms with E-state index >= 15 is 0 Å². The number of phenols is 1. The summed E-state index contributed by atoms with van der Waals surface area (Å²) in [4.78, 5) is 29.7. The number of hydrazone groups is 1. The van der Waals surface area contributed by atoms with Crippen LogP contribution in [0.3, 0.4) is 0 Å². The van der Waals surface area contributed by atoms with Gasteiger partial charge in [-0.3, -0.25) is 9.69 Å². The van der Waals surface area contributed by atoms with Gasteiger partial charge in [-0.15, -0.1) is 5.10 Å². The van der Waals surface area contributed by atoms with Crippen LogP contribution in [0.5, 0.6) is 11.5 Å². The first kappa shape index (κ1) is 22.9. The van der Waals surface area contributed by atoms with Gasteiger partial charge in [0.15, 0.2) is 11.5 Å². The van der Waals surface area contributed by atoms with Crippen LogP contribution in [-0.2, 0) is 11.3 Å². The smallest absolute Gasteiger partial charge is 0.421 e. The molecular formula is C24H27N6O4+. The monoisotopic (exact) mass is 463 g/mol. The summed E-state index contributed by atoms with van der Waals surface area (Å²) in [5.74, 6) is 0.757. The highest BCUT2D eigenvalue weighted by molar-refractivity contribution is 6.23. The van der Waals surface area contributed by atoms with Crippen LogP contribution >= 0.6 is 0 Å². The molecule has 1 atom stereocenters. The predicted molar refractivity (Wildman–Crippen MR) is 129 cm³/mol. The Labute approximate surface area is 197 Å². The summed E-state index contributed by atoms with van der Waals surface area (Å²) >= 11 is 0. The van der Waals surface area contributed by atoms with Crippen molar-refractivity contribution in [2.45, 2.75) is 26.4 Å². The van der Waals surface area contributed by atoms with E-state index in [1.54, 1.807) is 30.3 Å². The number of fused-ring (bicyclic) bond motifs is 1. The van der Waals surface area contributed by atoms with E-state index in [1.165, 1.54) is 18.0 Å². The molecule has 10 nitrogen and oxygen atoms in total. The first-order chi connectivity index (χ1) is 16.3. The molecule has 0 aromatic heterocycles. The van der Waals surface area contributed by atoms with Crippen molar-refractivity contribution >= 4 is 29.9 Å². The van der Waals surface area contributed by atoms with Crippen molar-refractivity contribution in [2.75, 3.05) is 20.7 Å². The summed E-state index contributed by atoms with van der Waals surface area (Å²) in [5, 5.41) is 14.2. The quantitative estimate of drug-likeness (QED) is 0.379. The summed E-state index contributed by atoms with van der Waals surface area (Å²) in [6.07, 6.45) is 1.56. The highest BCUT2D eigenvalue weighted by Crippen LogP contribution is 2.26. The van der Waals surface area contributed by atoms with Crippen molar-refractivity contribution in [1.29, 1.82) is 0 Å². The van der Waals surface area contributed by atoms with Crippen molar-refractivity contribution in [3.05, 3.63) is 59.2 Å². The molecule has 1 fully saturated rings. The van der Waals surface area contributed by atoms with Crippen LogP contribution in [0.2, 0.25) is 0 Å². The molecule has 0 saturated carbocycles. The van der Waals surface area contributed by atoms with E-state index in [0.717, 1.165) is 16.0 Å². The Hall–Kier alpha value is -4.30. The van der Waals surface area contributed by atoms with Crippen LogP contribution in [0, 0.1) is 6.92 Å². The Morgan fingerprint density at radius 1 is 1.15 bits per heavy atom. The van der Waals surface area contributed by atoms with Gasteiger partial charge in [-0.05, 0) is 43.2 Å². The lowest BCUT2D eigenvalue weighted by molar-refractivity contribution is -0.130. The molecule has 2 N–H and O–H groups in total. The molecule has 2 aliphatic rings. The molecule has 176 valence electrons. The Bertz CT molecular complexity index is 1220. The molecule has 1 unspecified atom stereocenters. The molecular weight excluding hydrogens is 436 g/mol. The zero-order valence-corrected chi connectivity index (χ0v) is 19.5. The van der Waals surface area contributed by atoms with Gasteiger partial charge in [0, 0.05) is 7.05 Å². The minimum absolute atomic E-state index is 0.0483. The zero-order valence-electron chi connectivity index (χ0n) is 19.5. The topological polar surface area (TPSA) is 112 Å². The molecule has 2 aliphatic heterocycles. The maximum Gasteiger partial charge on any atom is 0.421 e. The summed E-state index contributed by atoms with van der Waals surface area (Å²) < 4.78 is 9.95. The number of carbonyl (C=O) groups is 2. The highest BCUT2D eigenvalue weighted by Gasteiger charge is 2.54. The number of amidine groups is 1. The lowest BCUT2D eigenvalue weighted by Gasteiger charge is -2.31.